The molecule has 0 spiro atoms. The first-order chi connectivity index (χ1) is 4.91. The smallest absolute Gasteiger partial charge is 0.00922 e. The van der Waals surface area contributed by atoms with Crippen LogP contribution in [0.15, 0.2) is 12.2 Å². The summed E-state index contributed by atoms with van der Waals surface area (Å²) >= 11 is 0. The van der Waals surface area contributed by atoms with Gasteiger partial charge in [0.2, 0.25) is 0 Å². The summed E-state index contributed by atoms with van der Waals surface area (Å²) in [5.41, 5.74) is 0. The Hall–Kier alpha value is -0.700. The summed E-state index contributed by atoms with van der Waals surface area (Å²) in [5, 5.41) is 0. The van der Waals surface area contributed by atoms with Gasteiger partial charge in [-0.2, -0.15) is 0 Å². The topological polar surface area (TPSA) is 0 Å². The highest BCUT2D eigenvalue weighted by atomic mass is 13.8. The molecule has 1 radical (unpaired) electrons. The highest BCUT2D eigenvalue weighted by molar-refractivity contribution is 5.15. The molecule has 0 atom stereocenters. The standard InChI is InChI=1S/C10H15/c1-3-5-7-9-10-8-6-4-2/h3,5H,1,4,6,8,10H2,2H3. The molecule has 0 aliphatic rings. The second-order valence-corrected chi connectivity index (χ2v) is 2.18. The van der Waals surface area contributed by atoms with Gasteiger partial charge < -0.3 is 0 Å². The number of allylic oxidation sites excluding steroid dienone is 2. The van der Waals surface area contributed by atoms with Crippen LogP contribution in [0, 0.1) is 18.8 Å². The van der Waals surface area contributed by atoms with Crippen molar-refractivity contribution in [3.8, 4) is 11.8 Å². The molecule has 10 heavy (non-hydrogen) atoms. The van der Waals surface area contributed by atoms with Gasteiger partial charge in [-0.3, -0.25) is 0 Å². The molecule has 55 valence electrons. The minimum absolute atomic E-state index is 1.03. The molecule has 0 unspecified atom stereocenters. The van der Waals surface area contributed by atoms with Gasteiger partial charge in [0.1, 0.15) is 0 Å². The van der Waals surface area contributed by atoms with Crippen LogP contribution in [0.3, 0.4) is 0 Å². The van der Waals surface area contributed by atoms with Crippen molar-refractivity contribution in [2.45, 2.75) is 32.6 Å². The lowest BCUT2D eigenvalue weighted by atomic mass is 10.2. The second kappa shape index (κ2) is 8.30. The van der Waals surface area contributed by atoms with E-state index >= 15 is 0 Å². The molecule has 0 aromatic carbocycles. The molecule has 0 amide bonds. The summed E-state index contributed by atoms with van der Waals surface area (Å²) in [7, 11) is 0. The van der Waals surface area contributed by atoms with Gasteiger partial charge >= 0.3 is 0 Å². The zero-order valence-corrected chi connectivity index (χ0v) is 6.69. The van der Waals surface area contributed by atoms with E-state index in [0.29, 0.717) is 0 Å². The third-order valence-corrected chi connectivity index (χ3v) is 1.21. The van der Waals surface area contributed by atoms with Crippen LogP contribution in [0.5, 0.6) is 0 Å². The third-order valence-electron chi connectivity index (χ3n) is 1.21. The Morgan fingerprint density at radius 3 is 2.80 bits per heavy atom. The molecule has 0 saturated heterocycles. The first kappa shape index (κ1) is 9.30. The summed E-state index contributed by atoms with van der Waals surface area (Å²) in [6.45, 7) is 5.73. The fourth-order valence-corrected chi connectivity index (χ4v) is 0.653. The fraction of sp³-hybridized carbons (Fsp3) is 0.500. The molecule has 0 heteroatoms. The van der Waals surface area contributed by atoms with Crippen molar-refractivity contribution in [2.75, 3.05) is 0 Å². The van der Waals surface area contributed by atoms with Crippen LogP contribution in [0.2, 0.25) is 0 Å². The van der Waals surface area contributed by atoms with Crippen LogP contribution in [0.25, 0.3) is 0 Å². The van der Waals surface area contributed by atoms with Crippen LogP contribution in [0.1, 0.15) is 32.6 Å². The maximum atomic E-state index is 3.54. The lowest BCUT2D eigenvalue weighted by Crippen LogP contribution is -1.69. The van der Waals surface area contributed by atoms with Crippen LogP contribution >= 0.6 is 0 Å². The molecule has 0 heterocycles. The van der Waals surface area contributed by atoms with E-state index in [2.05, 4.69) is 25.7 Å². The average molecular weight is 135 g/mol. The van der Waals surface area contributed by atoms with Gasteiger partial charge in [0.25, 0.3) is 0 Å². The number of rotatable bonds is 3. The van der Waals surface area contributed by atoms with Gasteiger partial charge in [0.15, 0.2) is 0 Å². The zero-order valence-electron chi connectivity index (χ0n) is 6.69. The monoisotopic (exact) mass is 135 g/mol. The summed E-state index contributed by atoms with van der Waals surface area (Å²) < 4.78 is 0. The normalized spacial score (nSPS) is 9.40. The van der Waals surface area contributed by atoms with E-state index in [1.54, 1.807) is 12.2 Å². The molecule has 0 aromatic heterocycles. The molecule has 0 aromatic rings. The van der Waals surface area contributed by atoms with Gasteiger partial charge in [0, 0.05) is 6.42 Å². The van der Waals surface area contributed by atoms with E-state index in [-0.39, 0.29) is 0 Å². The van der Waals surface area contributed by atoms with Gasteiger partial charge in [-0.05, 0) is 19.4 Å². The maximum Gasteiger partial charge on any atom is 0.00922 e. The van der Waals surface area contributed by atoms with Crippen molar-refractivity contribution < 1.29 is 0 Å². The van der Waals surface area contributed by atoms with E-state index in [1.807, 2.05) is 0 Å². The summed E-state index contributed by atoms with van der Waals surface area (Å²) in [4.78, 5) is 0. The van der Waals surface area contributed by atoms with Gasteiger partial charge in [-0.15, -0.1) is 0 Å². The van der Waals surface area contributed by atoms with Gasteiger partial charge in [0.05, 0.1) is 0 Å². The molecule has 0 N–H and O–H groups in total. The first-order valence-corrected chi connectivity index (χ1v) is 3.84. The molecule has 0 saturated carbocycles. The highest BCUT2D eigenvalue weighted by Gasteiger charge is 1.78. The Morgan fingerprint density at radius 2 is 2.20 bits per heavy atom. The predicted molar refractivity (Wildman–Crippen MR) is 46.4 cm³/mol. The molecule has 0 nitrogen and oxygen atoms in total. The van der Waals surface area contributed by atoms with E-state index < -0.39 is 0 Å². The number of hydrogen-bond acceptors (Lipinski definition) is 0. The van der Waals surface area contributed by atoms with Crippen LogP contribution in [-0.2, 0) is 0 Å². The minimum atomic E-state index is 1.03. The Kier molecular flexibility index (Phi) is 7.72. The van der Waals surface area contributed by atoms with Crippen molar-refractivity contribution in [2.24, 2.45) is 0 Å². The van der Waals surface area contributed by atoms with Gasteiger partial charge in [-0.25, -0.2) is 0 Å². The third kappa shape index (κ3) is 7.30. The fourth-order valence-electron chi connectivity index (χ4n) is 0.653. The molecule has 0 aliphatic carbocycles. The SMILES string of the molecule is [CH2]C=CC#CCCCCC. The molecular weight excluding hydrogens is 120 g/mol. The van der Waals surface area contributed by atoms with E-state index in [9.17, 15) is 0 Å². The predicted octanol–water partition coefficient (Wildman–Crippen LogP) is 2.96. The van der Waals surface area contributed by atoms with E-state index in [0.717, 1.165) is 6.42 Å². The molecule has 0 aliphatic heterocycles. The summed E-state index contributed by atoms with van der Waals surface area (Å²) in [6, 6.07) is 0. The Labute approximate surface area is 64.3 Å². The lowest BCUT2D eigenvalue weighted by Gasteiger charge is -1.86. The zero-order chi connectivity index (χ0) is 7.66. The van der Waals surface area contributed by atoms with Crippen molar-refractivity contribution in [1.29, 1.82) is 0 Å². The maximum absolute atomic E-state index is 3.54. The largest absolute Gasteiger partial charge is 0.0985 e. The average Bonchev–Trinajstić information content (AvgIpc) is 1.97. The number of unbranched alkanes of at least 4 members (excludes halogenated alkanes) is 3. The second-order valence-electron chi connectivity index (χ2n) is 2.18. The molecule has 0 bridgehead atoms. The van der Waals surface area contributed by atoms with Crippen molar-refractivity contribution in [1.82, 2.24) is 0 Å². The quantitative estimate of drug-likeness (QED) is 0.412. The Bertz CT molecular complexity index is 132. The first-order valence-electron chi connectivity index (χ1n) is 3.84. The Morgan fingerprint density at radius 1 is 1.40 bits per heavy atom. The summed E-state index contributed by atoms with van der Waals surface area (Å²) in [5.74, 6) is 5.95. The molecular formula is C10H15. The van der Waals surface area contributed by atoms with Crippen LogP contribution in [-0.4, -0.2) is 0 Å². The van der Waals surface area contributed by atoms with E-state index in [4.69, 9.17) is 0 Å². The van der Waals surface area contributed by atoms with Crippen molar-refractivity contribution >= 4 is 0 Å². The molecule has 0 rings (SSSR count). The lowest BCUT2D eigenvalue weighted by molar-refractivity contribution is 0.737. The summed E-state index contributed by atoms with van der Waals surface area (Å²) in [6.07, 6.45) is 8.32. The van der Waals surface area contributed by atoms with E-state index in [1.165, 1.54) is 19.3 Å². The number of hydrogen-bond donors (Lipinski definition) is 0. The van der Waals surface area contributed by atoms with Crippen LogP contribution in [0.4, 0.5) is 0 Å². The Balaban J connectivity index is 3.12. The minimum Gasteiger partial charge on any atom is -0.0985 e. The highest BCUT2D eigenvalue weighted by Crippen LogP contribution is 1.96. The van der Waals surface area contributed by atoms with Gasteiger partial charge in [-0.1, -0.05) is 37.7 Å². The van der Waals surface area contributed by atoms with Crippen molar-refractivity contribution in [3.05, 3.63) is 19.1 Å². The van der Waals surface area contributed by atoms with Crippen LogP contribution < -0.4 is 0 Å². The molecule has 0 fully saturated rings. The van der Waals surface area contributed by atoms with Crippen molar-refractivity contribution in [3.63, 3.8) is 0 Å².